The second-order valence-corrected chi connectivity index (χ2v) is 4.84. The third kappa shape index (κ3) is 5.01. The van der Waals surface area contributed by atoms with Crippen molar-refractivity contribution in [2.24, 2.45) is 0 Å². The molecule has 0 aliphatic heterocycles. The van der Waals surface area contributed by atoms with Crippen LogP contribution < -0.4 is 6.15 Å². The SMILES string of the molecule is C=CC[CH]([Mg][CH3])c1ccccc1.Cl.N. The molecule has 0 aliphatic rings. The van der Waals surface area contributed by atoms with Crippen molar-refractivity contribution in [3.63, 3.8) is 0 Å². The van der Waals surface area contributed by atoms with Crippen molar-refractivity contribution in [3.05, 3.63) is 48.6 Å². The minimum Gasteiger partial charge on any atom is -0.344 e. The zero-order chi connectivity index (χ0) is 8.81. The number of halogens is 1. The molecule has 1 atom stereocenters. The van der Waals surface area contributed by atoms with Crippen LogP contribution in [0.25, 0.3) is 0 Å². The van der Waals surface area contributed by atoms with Gasteiger partial charge in [-0.1, -0.05) is 48.4 Å². The van der Waals surface area contributed by atoms with E-state index < -0.39 is 0 Å². The maximum atomic E-state index is 3.80. The van der Waals surface area contributed by atoms with Crippen LogP contribution in [0.3, 0.4) is 0 Å². The number of hydrogen-bond acceptors (Lipinski definition) is 1. The van der Waals surface area contributed by atoms with Gasteiger partial charge in [-0.2, -0.15) is 5.05 Å². The van der Waals surface area contributed by atoms with E-state index in [1.54, 1.807) is 0 Å². The van der Waals surface area contributed by atoms with E-state index >= 15 is 0 Å². The van der Waals surface area contributed by atoms with Crippen molar-refractivity contribution < 1.29 is 0 Å². The summed E-state index contributed by atoms with van der Waals surface area (Å²) in [5.74, 6) is 0. The first-order chi connectivity index (χ1) is 5.88. The number of benzene rings is 1. The molecule has 0 saturated carbocycles. The van der Waals surface area contributed by atoms with Gasteiger partial charge >= 0.3 is 20.4 Å². The molecular formula is C11H18ClMgN. The van der Waals surface area contributed by atoms with Crippen molar-refractivity contribution in [2.45, 2.75) is 15.5 Å². The van der Waals surface area contributed by atoms with E-state index in [4.69, 9.17) is 0 Å². The average molecular weight is 224 g/mol. The Labute approximate surface area is 103 Å². The van der Waals surface area contributed by atoms with E-state index in [1.807, 2.05) is 6.08 Å². The van der Waals surface area contributed by atoms with Crippen LogP contribution in [0, 0.1) is 0 Å². The highest BCUT2D eigenvalue weighted by atomic mass is 35.5. The molecule has 0 saturated heterocycles. The van der Waals surface area contributed by atoms with Crippen LogP contribution in [0.1, 0.15) is 16.0 Å². The van der Waals surface area contributed by atoms with Crippen LogP contribution in [0.15, 0.2) is 43.0 Å². The smallest absolute Gasteiger partial charge is 0.344 e. The normalized spacial score (nSPS) is 10.1. The molecule has 76 valence electrons. The van der Waals surface area contributed by atoms with Gasteiger partial charge in [0.05, 0.1) is 0 Å². The van der Waals surface area contributed by atoms with Crippen molar-refractivity contribution in [1.29, 1.82) is 0 Å². The Morgan fingerprint density at radius 2 is 1.93 bits per heavy atom. The van der Waals surface area contributed by atoms with Crippen LogP contribution in [-0.4, -0.2) is 20.4 Å². The fraction of sp³-hybridized carbons (Fsp3) is 0.273. The van der Waals surface area contributed by atoms with Gasteiger partial charge in [0.1, 0.15) is 0 Å². The minimum atomic E-state index is 0. The first-order valence-corrected chi connectivity index (χ1v) is 6.77. The summed E-state index contributed by atoms with van der Waals surface area (Å²) in [6.45, 7) is 3.80. The second kappa shape index (κ2) is 9.53. The fourth-order valence-electron chi connectivity index (χ4n) is 1.46. The maximum absolute atomic E-state index is 3.80. The molecule has 1 aromatic carbocycles. The molecule has 1 aromatic rings. The molecule has 0 fully saturated rings. The summed E-state index contributed by atoms with van der Waals surface area (Å²) in [5.41, 5.74) is 1.49. The van der Waals surface area contributed by atoms with Gasteiger partial charge in [-0.3, -0.25) is 0 Å². The molecule has 0 bridgehead atoms. The van der Waals surface area contributed by atoms with E-state index in [1.165, 1.54) is 5.56 Å². The zero-order valence-corrected chi connectivity index (χ0v) is 11.0. The summed E-state index contributed by atoms with van der Waals surface area (Å²) < 4.78 is 0.795. The van der Waals surface area contributed by atoms with Crippen molar-refractivity contribution >= 4 is 32.8 Å². The lowest BCUT2D eigenvalue weighted by atomic mass is 10.1. The molecule has 1 nitrogen and oxygen atoms in total. The van der Waals surface area contributed by atoms with Gasteiger partial charge in [-0.05, 0) is 0 Å². The lowest BCUT2D eigenvalue weighted by Gasteiger charge is -2.11. The monoisotopic (exact) mass is 223 g/mol. The minimum absolute atomic E-state index is 0. The van der Waals surface area contributed by atoms with E-state index in [-0.39, 0.29) is 38.9 Å². The van der Waals surface area contributed by atoms with Gasteiger partial charge in [0.2, 0.25) is 0 Å². The standard InChI is InChI=1S/C10H11.CH3.ClH.Mg.H3N/c1-2-3-7-10-8-5-4-6-9-10;;;;/h2,4-9H,1,3H2;1H3;1H;;1H3. The molecule has 0 amide bonds. The molecule has 1 rings (SSSR count). The van der Waals surface area contributed by atoms with Gasteiger partial charge < -0.3 is 6.15 Å². The van der Waals surface area contributed by atoms with E-state index in [2.05, 4.69) is 42.0 Å². The van der Waals surface area contributed by atoms with Gasteiger partial charge in [-0.15, -0.1) is 23.0 Å². The van der Waals surface area contributed by atoms with Crippen molar-refractivity contribution in [1.82, 2.24) is 6.15 Å². The summed E-state index contributed by atoms with van der Waals surface area (Å²) in [4.78, 5) is 0. The molecule has 3 heteroatoms. The predicted molar refractivity (Wildman–Crippen MR) is 67.9 cm³/mol. The summed E-state index contributed by atoms with van der Waals surface area (Å²) >= 11 is 0.0475. The van der Waals surface area contributed by atoms with Gasteiger partial charge in [0.15, 0.2) is 0 Å². The fourth-order valence-corrected chi connectivity index (χ4v) is 2.78. The summed E-state index contributed by atoms with van der Waals surface area (Å²) in [5, 5.41) is 2.36. The van der Waals surface area contributed by atoms with E-state index in [9.17, 15) is 0 Å². The molecule has 0 aliphatic carbocycles. The third-order valence-corrected chi connectivity index (χ3v) is 4.01. The first-order valence-electron chi connectivity index (χ1n) is 4.54. The Morgan fingerprint density at radius 1 is 1.36 bits per heavy atom. The Balaban J connectivity index is 0. The van der Waals surface area contributed by atoms with Crippen LogP contribution in [0.2, 0.25) is 5.05 Å². The predicted octanol–water partition coefficient (Wildman–Crippen LogP) is 3.64. The highest BCUT2D eigenvalue weighted by Crippen LogP contribution is 2.17. The van der Waals surface area contributed by atoms with Crippen LogP contribution in [0.5, 0.6) is 0 Å². The zero-order valence-electron chi connectivity index (χ0n) is 8.78. The first kappa shape index (κ1) is 16.4. The Bertz CT molecular complexity index is 238. The summed E-state index contributed by atoms with van der Waals surface area (Å²) in [6, 6.07) is 10.8. The van der Waals surface area contributed by atoms with Crippen LogP contribution >= 0.6 is 12.4 Å². The van der Waals surface area contributed by atoms with E-state index in [0.29, 0.717) is 0 Å². The van der Waals surface area contributed by atoms with Gasteiger partial charge in [0, 0.05) is 0 Å². The molecule has 1 unspecified atom stereocenters. The molecule has 0 aromatic heterocycles. The Hall–Kier alpha value is -0.0238. The number of rotatable bonds is 4. The molecule has 0 radical (unpaired) electrons. The lowest BCUT2D eigenvalue weighted by molar-refractivity contribution is 0.945. The van der Waals surface area contributed by atoms with Gasteiger partial charge in [0.25, 0.3) is 0 Å². The van der Waals surface area contributed by atoms with E-state index in [0.717, 1.165) is 10.5 Å². The van der Waals surface area contributed by atoms with Crippen molar-refractivity contribution in [2.75, 3.05) is 0 Å². The summed E-state index contributed by atoms with van der Waals surface area (Å²) in [7, 11) is 0. The second-order valence-electron chi connectivity index (χ2n) is 3.04. The molecular weight excluding hydrogens is 206 g/mol. The number of allylic oxidation sites excluding steroid dienone is 1. The van der Waals surface area contributed by atoms with Gasteiger partial charge in [-0.25, -0.2) is 0 Å². The Morgan fingerprint density at radius 3 is 2.36 bits per heavy atom. The van der Waals surface area contributed by atoms with Crippen LogP contribution in [-0.2, 0) is 0 Å². The topological polar surface area (TPSA) is 35.0 Å². The average Bonchev–Trinajstić information content (AvgIpc) is 2.15. The largest absolute Gasteiger partial charge is 0.372 e. The molecule has 0 spiro atoms. The molecule has 3 N–H and O–H groups in total. The number of hydrogen-bond donors (Lipinski definition) is 1. The third-order valence-electron chi connectivity index (χ3n) is 2.21. The highest BCUT2D eigenvalue weighted by Gasteiger charge is 2.07. The lowest BCUT2D eigenvalue weighted by Crippen LogP contribution is -2.03. The highest BCUT2D eigenvalue weighted by molar-refractivity contribution is 6.36. The van der Waals surface area contributed by atoms with Crippen LogP contribution in [0.4, 0.5) is 0 Å². The maximum Gasteiger partial charge on any atom is 0.372 e. The molecule has 0 heterocycles. The summed E-state index contributed by atoms with van der Waals surface area (Å²) in [6.07, 6.45) is 3.18. The molecule has 14 heavy (non-hydrogen) atoms. The quantitative estimate of drug-likeness (QED) is 0.614. The Kier molecular flexibility index (Phi) is 11.2. The van der Waals surface area contributed by atoms with Crippen molar-refractivity contribution in [3.8, 4) is 0 Å².